The fraction of sp³-hybridized carbons (Fsp3) is 0.947. The zero-order valence-electron chi connectivity index (χ0n) is 15.5. The maximum atomic E-state index is 12.5. The van der Waals surface area contributed by atoms with Crippen LogP contribution in [-0.2, 0) is 4.74 Å². The molecule has 138 valence electrons. The molecule has 3 aliphatic rings. The number of piperidine rings is 1. The van der Waals surface area contributed by atoms with E-state index in [1.807, 2.05) is 25.7 Å². The number of aliphatic hydroxyl groups is 1. The van der Waals surface area contributed by atoms with Crippen LogP contribution < -0.4 is 5.32 Å². The lowest BCUT2D eigenvalue weighted by Gasteiger charge is -2.41. The Hall–Kier alpha value is -0.810. The predicted molar refractivity (Wildman–Crippen MR) is 93.9 cm³/mol. The van der Waals surface area contributed by atoms with Gasteiger partial charge in [-0.2, -0.15) is 0 Å². The van der Waals surface area contributed by atoms with Crippen molar-refractivity contribution in [2.45, 2.75) is 102 Å². The molecule has 2 atom stereocenters. The molecule has 0 aromatic rings. The Morgan fingerprint density at radius 2 is 1.62 bits per heavy atom. The summed E-state index contributed by atoms with van der Waals surface area (Å²) in [5.74, 6) is 0.508. The molecule has 24 heavy (non-hydrogen) atoms. The molecule has 3 rings (SSSR count). The van der Waals surface area contributed by atoms with Crippen LogP contribution >= 0.6 is 0 Å². The standard InChI is InChI=1S/C19H34N2O3/c1-19(2,3)24-18(23)21-16-8-9-17(21)11-15(10-16)20-14-6-4-13(12-22)5-7-14/h13-17,20,22H,4-12H2,1-3H3. The van der Waals surface area contributed by atoms with Gasteiger partial charge in [-0.3, -0.25) is 0 Å². The second kappa shape index (κ2) is 7.20. The van der Waals surface area contributed by atoms with E-state index in [4.69, 9.17) is 4.74 Å². The van der Waals surface area contributed by atoms with Gasteiger partial charge in [0, 0.05) is 30.8 Å². The number of carbonyl (C=O) groups is 1. The molecule has 0 radical (unpaired) electrons. The number of hydrogen-bond acceptors (Lipinski definition) is 4. The van der Waals surface area contributed by atoms with Crippen LogP contribution in [0.15, 0.2) is 0 Å². The van der Waals surface area contributed by atoms with Gasteiger partial charge < -0.3 is 20.1 Å². The summed E-state index contributed by atoms with van der Waals surface area (Å²) in [7, 11) is 0. The summed E-state index contributed by atoms with van der Waals surface area (Å²) in [6, 6.07) is 1.79. The number of hydrogen-bond donors (Lipinski definition) is 2. The Morgan fingerprint density at radius 3 is 2.12 bits per heavy atom. The Balaban J connectivity index is 1.51. The van der Waals surface area contributed by atoms with Crippen molar-refractivity contribution >= 4 is 6.09 Å². The first kappa shape index (κ1) is 18.0. The number of nitrogens with zero attached hydrogens (tertiary/aromatic N) is 1. The molecule has 5 nitrogen and oxygen atoms in total. The van der Waals surface area contributed by atoms with E-state index in [1.54, 1.807) is 0 Å². The molecule has 2 aliphatic heterocycles. The lowest BCUT2D eigenvalue weighted by atomic mass is 9.85. The van der Waals surface area contributed by atoms with Crippen molar-refractivity contribution in [3.63, 3.8) is 0 Å². The molecule has 0 aromatic heterocycles. The second-order valence-electron chi connectivity index (χ2n) is 9.01. The van der Waals surface area contributed by atoms with Crippen LogP contribution in [0.4, 0.5) is 4.79 Å². The van der Waals surface area contributed by atoms with E-state index >= 15 is 0 Å². The maximum Gasteiger partial charge on any atom is 0.410 e. The molecule has 2 heterocycles. The highest BCUT2D eigenvalue weighted by Crippen LogP contribution is 2.37. The van der Waals surface area contributed by atoms with E-state index in [9.17, 15) is 9.90 Å². The Labute approximate surface area is 146 Å². The van der Waals surface area contributed by atoms with Crippen LogP contribution in [0.5, 0.6) is 0 Å². The van der Waals surface area contributed by atoms with Gasteiger partial charge in [0.1, 0.15) is 5.60 Å². The van der Waals surface area contributed by atoms with Gasteiger partial charge in [-0.05, 0) is 78.1 Å². The van der Waals surface area contributed by atoms with E-state index in [0.29, 0.717) is 36.7 Å². The van der Waals surface area contributed by atoms with Crippen molar-refractivity contribution in [2.24, 2.45) is 5.92 Å². The number of carbonyl (C=O) groups excluding carboxylic acids is 1. The molecule has 2 N–H and O–H groups in total. The minimum atomic E-state index is -0.420. The first-order valence-electron chi connectivity index (χ1n) is 9.74. The highest BCUT2D eigenvalue weighted by molar-refractivity contribution is 5.69. The van der Waals surface area contributed by atoms with Crippen LogP contribution in [0.25, 0.3) is 0 Å². The van der Waals surface area contributed by atoms with Crippen molar-refractivity contribution in [3.05, 3.63) is 0 Å². The van der Waals surface area contributed by atoms with Crippen molar-refractivity contribution in [1.29, 1.82) is 0 Å². The minimum absolute atomic E-state index is 0.128. The van der Waals surface area contributed by atoms with Gasteiger partial charge in [0.15, 0.2) is 0 Å². The van der Waals surface area contributed by atoms with Gasteiger partial charge >= 0.3 is 6.09 Å². The molecular formula is C19H34N2O3. The van der Waals surface area contributed by atoms with E-state index in [2.05, 4.69) is 5.32 Å². The number of fused-ring (bicyclic) bond motifs is 2. The van der Waals surface area contributed by atoms with Gasteiger partial charge in [0.05, 0.1) is 0 Å². The maximum absolute atomic E-state index is 12.5. The van der Waals surface area contributed by atoms with Gasteiger partial charge in [-0.25, -0.2) is 4.79 Å². The normalized spacial score (nSPS) is 36.7. The Morgan fingerprint density at radius 1 is 1.04 bits per heavy atom. The molecule has 2 unspecified atom stereocenters. The lowest BCUT2D eigenvalue weighted by Crippen LogP contribution is -2.54. The summed E-state index contributed by atoms with van der Waals surface area (Å²) in [4.78, 5) is 14.5. The number of rotatable bonds is 3. The first-order valence-corrected chi connectivity index (χ1v) is 9.74. The summed E-state index contributed by atoms with van der Waals surface area (Å²) in [5.41, 5.74) is -0.420. The minimum Gasteiger partial charge on any atom is -0.444 e. The van der Waals surface area contributed by atoms with Crippen molar-refractivity contribution in [2.75, 3.05) is 6.61 Å². The van der Waals surface area contributed by atoms with Gasteiger partial charge in [-0.1, -0.05) is 0 Å². The highest BCUT2D eigenvalue weighted by atomic mass is 16.6. The van der Waals surface area contributed by atoms with Gasteiger partial charge in [-0.15, -0.1) is 0 Å². The van der Waals surface area contributed by atoms with Crippen molar-refractivity contribution < 1.29 is 14.6 Å². The molecule has 5 heteroatoms. The van der Waals surface area contributed by atoms with Crippen LogP contribution in [0.1, 0.15) is 72.1 Å². The summed E-state index contributed by atoms with van der Waals surface area (Å²) >= 11 is 0. The Kier molecular flexibility index (Phi) is 5.40. The van der Waals surface area contributed by atoms with Crippen molar-refractivity contribution in [1.82, 2.24) is 10.2 Å². The largest absolute Gasteiger partial charge is 0.444 e. The fourth-order valence-corrected chi connectivity index (χ4v) is 4.77. The zero-order chi connectivity index (χ0) is 17.3. The SMILES string of the molecule is CC(C)(C)OC(=O)N1C2CCC1CC(NC1CCC(CO)CC1)C2. The molecule has 2 saturated heterocycles. The predicted octanol–water partition coefficient (Wildman–Crippen LogP) is 3.06. The van der Waals surface area contributed by atoms with Crippen molar-refractivity contribution in [3.8, 4) is 0 Å². The number of ether oxygens (including phenoxy) is 1. The van der Waals surface area contributed by atoms with E-state index < -0.39 is 5.60 Å². The third-order valence-electron chi connectivity index (χ3n) is 5.91. The van der Waals surface area contributed by atoms with Crippen LogP contribution in [0, 0.1) is 5.92 Å². The number of nitrogens with one attached hydrogen (secondary N) is 1. The molecule has 0 aromatic carbocycles. The average molecular weight is 338 g/mol. The van der Waals surface area contributed by atoms with Gasteiger partial charge in [0.2, 0.25) is 0 Å². The zero-order valence-corrected chi connectivity index (χ0v) is 15.5. The highest BCUT2D eigenvalue weighted by Gasteiger charge is 2.45. The second-order valence-corrected chi connectivity index (χ2v) is 9.01. The third-order valence-corrected chi connectivity index (χ3v) is 5.91. The molecule has 3 fully saturated rings. The number of amides is 1. The van der Waals surface area contributed by atoms with Gasteiger partial charge in [0.25, 0.3) is 0 Å². The molecule has 1 amide bonds. The molecular weight excluding hydrogens is 304 g/mol. The average Bonchev–Trinajstić information content (AvgIpc) is 2.78. The lowest BCUT2D eigenvalue weighted by molar-refractivity contribution is 0.00393. The summed E-state index contributed by atoms with van der Waals surface area (Å²) < 4.78 is 5.61. The molecule has 0 spiro atoms. The smallest absolute Gasteiger partial charge is 0.410 e. The Bertz CT molecular complexity index is 426. The summed E-state index contributed by atoms with van der Waals surface area (Å²) in [5, 5.41) is 13.1. The summed E-state index contributed by atoms with van der Waals surface area (Å²) in [6.45, 7) is 6.14. The molecule has 2 bridgehead atoms. The van der Waals surface area contributed by atoms with Crippen LogP contribution in [0.2, 0.25) is 0 Å². The van der Waals surface area contributed by atoms with E-state index in [-0.39, 0.29) is 6.09 Å². The molecule has 1 aliphatic carbocycles. The summed E-state index contributed by atoms with van der Waals surface area (Å²) in [6.07, 6.45) is 8.82. The van der Waals surface area contributed by atoms with Crippen LogP contribution in [0.3, 0.4) is 0 Å². The molecule has 1 saturated carbocycles. The van der Waals surface area contributed by atoms with E-state index in [0.717, 1.165) is 38.5 Å². The first-order chi connectivity index (χ1) is 11.4. The van der Waals surface area contributed by atoms with Crippen LogP contribution in [-0.4, -0.2) is 52.5 Å². The topological polar surface area (TPSA) is 61.8 Å². The fourth-order valence-electron chi connectivity index (χ4n) is 4.77. The monoisotopic (exact) mass is 338 g/mol. The third kappa shape index (κ3) is 4.23. The van der Waals surface area contributed by atoms with E-state index in [1.165, 1.54) is 12.8 Å². The number of aliphatic hydroxyl groups excluding tert-OH is 1. The quantitative estimate of drug-likeness (QED) is 0.830.